The van der Waals surface area contributed by atoms with Gasteiger partial charge in [-0.05, 0) is 31.2 Å². The first-order valence-corrected chi connectivity index (χ1v) is 11.3. The average molecular weight is 490 g/mol. The number of fused-ring (bicyclic) bond motifs is 1. The number of thiazole rings is 1. The number of amides is 1. The van der Waals surface area contributed by atoms with Crippen molar-refractivity contribution in [1.82, 2.24) is 19.7 Å². The van der Waals surface area contributed by atoms with E-state index in [9.17, 15) is 4.79 Å². The monoisotopic (exact) mass is 489 g/mol. The van der Waals surface area contributed by atoms with Crippen molar-refractivity contribution in [1.29, 1.82) is 0 Å². The second kappa shape index (κ2) is 8.52. The van der Waals surface area contributed by atoms with Crippen molar-refractivity contribution in [3.63, 3.8) is 0 Å². The number of anilines is 1. The highest BCUT2D eigenvalue weighted by molar-refractivity contribution is 9.10. The van der Waals surface area contributed by atoms with E-state index < -0.39 is 0 Å². The SMILES string of the molecule is C=CCn1c(SCC(=O)Nc2nc(C)cs2)nnc1-c1cc2cc(Br)ccc2o1. The Kier molecular flexibility index (Phi) is 5.84. The van der Waals surface area contributed by atoms with Gasteiger partial charge in [-0.2, -0.15) is 0 Å². The van der Waals surface area contributed by atoms with Crippen LogP contribution in [-0.4, -0.2) is 31.4 Å². The summed E-state index contributed by atoms with van der Waals surface area (Å²) in [4.78, 5) is 16.5. The van der Waals surface area contributed by atoms with Gasteiger partial charge in [-0.1, -0.05) is 33.8 Å². The van der Waals surface area contributed by atoms with Crippen molar-refractivity contribution < 1.29 is 9.21 Å². The lowest BCUT2D eigenvalue weighted by molar-refractivity contribution is -0.113. The number of thioether (sulfide) groups is 1. The molecule has 3 aromatic heterocycles. The van der Waals surface area contributed by atoms with Gasteiger partial charge < -0.3 is 9.73 Å². The maximum atomic E-state index is 12.2. The maximum absolute atomic E-state index is 12.2. The summed E-state index contributed by atoms with van der Waals surface area (Å²) in [7, 11) is 0. The van der Waals surface area contributed by atoms with Crippen LogP contribution in [0.3, 0.4) is 0 Å². The molecule has 148 valence electrons. The van der Waals surface area contributed by atoms with Crippen molar-refractivity contribution in [2.24, 2.45) is 0 Å². The number of furan rings is 1. The molecule has 1 amide bonds. The molecular weight excluding hydrogens is 474 g/mol. The second-order valence-electron chi connectivity index (χ2n) is 6.13. The van der Waals surface area contributed by atoms with Gasteiger partial charge in [0, 0.05) is 21.8 Å². The number of allylic oxidation sites excluding steroid dienone is 1. The van der Waals surface area contributed by atoms with Gasteiger partial charge in [0.2, 0.25) is 11.7 Å². The van der Waals surface area contributed by atoms with Gasteiger partial charge in [0.15, 0.2) is 16.0 Å². The highest BCUT2D eigenvalue weighted by atomic mass is 79.9. The Morgan fingerprint density at radius 2 is 2.28 bits per heavy atom. The Hall–Kier alpha value is -2.43. The number of hydrogen-bond acceptors (Lipinski definition) is 7. The van der Waals surface area contributed by atoms with E-state index in [1.54, 1.807) is 6.08 Å². The Bertz CT molecular complexity index is 1200. The predicted octanol–water partition coefficient (Wildman–Crippen LogP) is 5.14. The number of hydrogen-bond donors (Lipinski definition) is 1. The second-order valence-corrected chi connectivity index (χ2v) is 8.85. The van der Waals surface area contributed by atoms with Gasteiger partial charge in [0.05, 0.1) is 11.4 Å². The third kappa shape index (κ3) is 4.44. The molecule has 0 saturated heterocycles. The van der Waals surface area contributed by atoms with Crippen molar-refractivity contribution in [2.45, 2.75) is 18.6 Å². The van der Waals surface area contributed by atoms with E-state index in [-0.39, 0.29) is 11.7 Å². The summed E-state index contributed by atoms with van der Waals surface area (Å²) in [5.74, 6) is 1.26. The molecule has 0 bridgehead atoms. The smallest absolute Gasteiger partial charge is 0.236 e. The van der Waals surface area contributed by atoms with Crippen molar-refractivity contribution in [2.75, 3.05) is 11.1 Å². The van der Waals surface area contributed by atoms with Crippen LogP contribution in [0.1, 0.15) is 5.69 Å². The summed E-state index contributed by atoms with van der Waals surface area (Å²) in [6.45, 7) is 6.20. The molecular formula is C19H16BrN5O2S2. The van der Waals surface area contributed by atoms with Gasteiger partial charge in [0.25, 0.3) is 0 Å². The quantitative estimate of drug-likeness (QED) is 0.285. The molecule has 4 aromatic rings. The predicted molar refractivity (Wildman–Crippen MR) is 119 cm³/mol. The molecule has 0 fully saturated rings. The Morgan fingerprint density at radius 1 is 1.41 bits per heavy atom. The normalized spacial score (nSPS) is 11.1. The van der Waals surface area contributed by atoms with Gasteiger partial charge in [0.1, 0.15) is 5.58 Å². The molecule has 0 aliphatic rings. The number of nitrogens with one attached hydrogen (secondary N) is 1. The number of aryl methyl sites for hydroxylation is 1. The third-order valence-electron chi connectivity index (χ3n) is 3.92. The van der Waals surface area contributed by atoms with Crippen LogP contribution in [0, 0.1) is 6.92 Å². The lowest BCUT2D eigenvalue weighted by Crippen LogP contribution is -2.14. The number of nitrogens with zero attached hydrogens (tertiary/aromatic N) is 4. The summed E-state index contributed by atoms with van der Waals surface area (Å²) in [6, 6.07) is 7.73. The Morgan fingerprint density at radius 3 is 3.03 bits per heavy atom. The van der Waals surface area contributed by atoms with Crippen LogP contribution < -0.4 is 5.32 Å². The number of benzene rings is 1. The molecule has 7 nitrogen and oxygen atoms in total. The zero-order valence-electron chi connectivity index (χ0n) is 15.4. The summed E-state index contributed by atoms with van der Waals surface area (Å²) in [5, 5.41) is 15.4. The van der Waals surface area contributed by atoms with Crippen molar-refractivity contribution in [3.8, 4) is 11.6 Å². The molecule has 10 heteroatoms. The molecule has 3 heterocycles. The molecule has 0 saturated carbocycles. The first kappa shape index (κ1) is 19.9. The fraction of sp³-hybridized carbons (Fsp3) is 0.158. The molecule has 0 aliphatic heterocycles. The van der Waals surface area contributed by atoms with Crippen molar-refractivity contribution in [3.05, 3.63) is 52.5 Å². The molecule has 0 unspecified atom stereocenters. The van der Waals surface area contributed by atoms with E-state index in [4.69, 9.17) is 4.42 Å². The molecule has 0 spiro atoms. The van der Waals surface area contributed by atoms with Crippen LogP contribution in [0.15, 0.2) is 56.3 Å². The lowest BCUT2D eigenvalue weighted by atomic mass is 10.2. The fourth-order valence-electron chi connectivity index (χ4n) is 2.69. The van der Waals surface area contributed by atoms with Crippen LogP contribution in [0.5, 0.6) is 0 Å². The van der Waals surface area contributed by atoms with E-state index in [0.29, 0.717) is 28.4 Å². The van der Waals surface area contributed by atoms with Crippen LogP contribution >= 0.6 is 39.0 Å². The van der Waals surface area contributed by atoms with Gasteiger partial charge in [-0.3, -0.25) is 9.36 Å². The first-order chi connectivity index (χ1) is 14.0. The van der Waals surface area contributed by atoms with E-state index in [1.165, 1.54) is 23.1 Å². The number of halogens is 1. The minimum Gasteiger partial charge on any atom is -0.453 e. The van der Waals surface area contributed by atoms with Crippen molar-refractivity contribution >= 4 is 61.0 Å². The first-order valence-electron chi connectivity index (χ1n) is 8.62. The minimum atomic E-state index is -0.146. The summed E-state index contributed by atoms with van der Waals surface area (Å²) in [6.07, 6.45) is 1.76. The topological polar surface area (TPSA) is 85.8 Å². The van der Waals surface area contributed by atoms with E-state index in [1.807, 2.05) is 41.1 Å². The summed E-state index contributed by atoms with van der Waals surface area (Å²) < 4.78 is 8.80. The van der Waals surface area contributed by atoms with E-state index in [2.05, 4.69) is 43.0 Å². The number of rotatable bonds is 7. The largest absolute Gasteiger partial charge is 0.453 e. The standard InChI is InChI=1S/C19H16BrN5O2S2/c1-3-6-25-17(15-8-12-7-13(20)4-5-14(12)27-15)23-24-19(25)29-10-16(26)22-18-21-11(2)9-28-18/h3-5,7-9H,1,6,10H2,2H3,(H,21,22,26). The Labute approximate surface area is 183 Å². The molecule has 0 atom stereocenters. The summed E-state index contributed by atoms with van der Waals surface area (Å²) in [5.41, 5.74) is 1.65. The van der Waals surface area contributed by atoms with E-state index >= 15 is 0 Å². The third-order valence-corrected chi connectivity index (χ3v) is 6.26. The molecule has 4 rings (SSSR count). The maximum Gasteiger partial charge on any atom is 0.236 e. The fourth-order valence-corrected chi connectivity index (χ4v) is 4.52. The lowest BCUT2D eigenvalue weighted by Gasteiger charge is -2.06. The highest BCUT2D eigenvalue weighted by Gasteiger charge is 2.18. The average Bonchev–Trinajstić information content (AvgIpc) is 3.38. The zero-order chi connectivity index (χ0) is 20.4. The van der Waals surface area contributed by atoms with Gasteiger partial charge >= 0.3 is 0 Å². The highest BCUT2D eigenvalue weighted by Crippen LogP contribution is 2.31. The van der Waals surface area contributed by atoms with Crippen LogP contribution in [-0.2, 0) is 11.3 Å². The number of carbonyl (C=O) groups excluding carboxylic acids is 1. The van der Waals surface area contributed by atoms with E-state index in [0.717, 1.165) is 21.1 Å². The van der Waals surface area contributed by atoms with Crippen LogP contribution in [0.25, 0.3) is 22.6 Å². The number of carbonyl (C=O) groups is 1. The van der Waals surface area contributed by atoms with Gasteiger partial charge in [-0.25, -0.2) is 4.98 Å². The summed E-state index contributed by atoms with van der Waals surface area (Å²) >= 11 is 6.17. The molecule has 0 radical (unpaired) electrons. The molecule has 1 N–H and O–H groups in total. The molecule has 1 aromatic carbocycles. The van der Waals surface area contributed by atoms with Gasteiger partial charge in [-0.15, -0.1) is 28.1 Å². The Balaban J connectivity index is 1.54. The minimum absolute atomic E-state index is 0.146. The molecule has 29 heavy (non-hydrogen) atoms. The van der Waals surface area contributed by atoms with Crippen LogP contribution in [0.2, 0.25) is 0 Å². The zero-order valence-corrected chi connectivity index (χ0v) is 18.6. The van der Waals surface area contributed by atoms with Crippen LogP contribution in [0.4, 0.5) is 5.13 Å². The molecule has 0 aliphatic carbocycles. The number of aromatic nitrogens is 4.